The van der Waals surface area contributed by atoms with E-state index in [0.717, 1.165) is 38.7 Å². The summed E-state index contributed by atoms with van der Waals surface area (Å²) in [6, 6.07) is 0. The Morgan fingerprint density at radius 3 is 2.67 bits per heavy atom. The highest BCUT2D eigenvalue weighted by atomic mass is 19.1. The fourth-order valence-electron chi connectivity index (χ4n) is 2.20. The molecular weight excluding hydrogens is 231 g/mol. The van der Waals surface area contributed by atoms with E-state index in [0.29, 0.717) is 13.0 Å². The van der Waals surface area contributed by atoms with Gasteiger partial charge >= 0.3 is 0 Å². The average Bonchev–Trinajstić information content (AvgIpc) is 2.37. The third kappa shape index (κ3) is 5.96. The lowest BCUT2D eigenvalue weighted by molar-refractivity contribution is -0.0672. The largest absolute Gasteiger partial charge is 0.378 e. The van der Waals surface area contributed by atoms with E-state index in [2.05, 4.69) is 13.8 Å². The van der Waals surface area contributed by atoms with Gasteiger partial charge in [-0.2, -0.15) is 0 Å². The molecule has 3 unspecified atom stereocenters. The lowest BCUT2D eigenvalue weighted by atomic mass is 9.93. The van der Waals surface area contributed by atoms with Crippen LogP contribution in [0.5, 0.6) is 0 Å². The molecule has 0 heterocycles. The summed E-state index contributed by atoms with van der Waals surface area (Å²) >= 11 is 0. The minimum Gasteiger partial charge on any atom is -0.378 e. The van der Waals surface area contributed by atoms with Crippen LogP contribution in [0.1, 0.15) is 52.4 Å². The molecule has 0 N–H and O–H groups in total. The molecule has 0 radical (unpaired) electrons. The van der Waals surface area contributed by atoms with Crippen molar-refractivity contribution in [1.82, 2.24) is 0 Å². The van der Waals surface area contributed by atoms with Crippen LogP contribution >= 0.6 is 0 Å². The Bertz CT molecular complexity index is 231. The van der Waals surface area contributed by atoms with E-state index >= 15 is 0 Å². The van der Waals surface area contributed by atoms with Crippen LogP contribution in [0.3, 0.4) is 0 Å². The zero-order valence-corrected chi connectivity index (χ0v) is 11.7. The highest BCUT2D eigenvalue weighted by molar-refractivity contribution is 4.84. The number of allylic oxidation sites excluding steroid dienone is 1. The van der Waals surface area contributed by atoms with Crippen molar-refractivity contribution in [1.29, 1.82) is 0 Å². The third-order valence-electron chi connectivity index (χ3n) is 3.32. The fourth-order valence-corrected chi connectivity index (χ4v) is 2.20. The number of ether oxygens (including phenoxy) is 2. The Morgan fingerprint density at radius 1 is 1.17 bits per heavy atom. The highest BCUT2D eigenvalue weighted by Crippen LogP contribution is 2.26. The number of unbranched alkanes of at least 4 members (excludes halogenated alkanes) is 1. The van der Waals surface area contributed by atoms with E-state index < -0.39 is 6.17 Å². The van der Waals surface area contributed by atoms with Crippen molar-refractivity contribution in [3.63, 3.8) is 0 Å². The lowest BCUT2D eigenvalue weighted by Gasteiger charge is -2.31. The van der Waals surface area contributed by atoms with E-state index in [9.17, 15) is 4.39 Å². The smallest absolute Gasteiger partial charge is 0.129 e. The first-order chi connectivity index (χ1) is 8.77. The normalized spacial score (nSPS) is 28.9. The van der Waals surface area contributed by atoms with E-state index in [1.54, 1.807) is 0 Å². The van der Waals surface area contributed by atoms with Gasteiger partial charge in [-0.3, -0.25) is 0 Å². The number of rotatable bonds is 8. The summed E-state index contributed by atoms with van der Waals surface area (Å²) < 4.78 is 25.1. The van der Waals surface area contributed by atoms with Gasteiger partial charge in [0, 0.05) is 13.0 Å². The van der Waals surface area contributed by atoms with E-state index in [4.69, 9.17) is 9.47 Å². The average molecular weight is 258 g/mol. The Morgan fingerprint density at radius 2 is 2.00 bits per heavy atom. The van der Waals surface area contributed by atoms with Crippen LogP contribution in [0.2, 0.25) is 0 Å². The fraction of sp³-hybridized carbons (Fsp3) is 0.867. The van der Waals surface area contributed by atoms with Gasteiger partial charge in [0.1, 0.15) is 6.17 Å². The van der Waals surface area contributed by atoms with Gasteiger partial charge in [-0.1, -0.05) is 32.4 Å². The molecule has 0 bridgehead atoms. The molecule has 1 saturated carbocycles. The van der Waals surface area contributed by atoms with Crippen LogP contribution < -0.4 is 0 Å². The molecule has 18 heavy (non-hydrogen) atoms. The molecule has 2 nitrogen and oxygen atoms in total. The van der Waals surface area contributed by atoms with Crippen molar-refractivity contribution >= 4 is 0 Å². The van der Waals surface area contributed by atoms with Gasteiger partial charge in [0.2, 0.25) is 0 Å². The van der Waals surface area contributed by atoms with Gasteiger partial charge in [0.25, 0.3) is 0 Å². The van der Waals surface area contributed by atoms with Gasteiger partial charge in [-0.15, -0.1) is 0 Å². The quantitative estimate of drug-likeness (QED) is 0.483. The van der Waals surface area contributed by atoms with Crippen molar-refractivity contribution in [3.8, 4) is 0 Å². The predicted molar refractivity (Wildman–Crippen MR) is 72.6 cm³/mol. The minimum absolute atomic E-state index is 0.0950. The maximum absolute atomic E-state index is 13.9. The first-order valence-electron chi connectivity index (χ1n) is 7.30. The van der Waals surface area contributed by atoms with Gasteiger partial charge in [-0.05, 0) is 25.7 Å². The van der Waals surface area contributed by atoms with Crippen molar-refractivity contribution in [3.05, 3.63) is 12.2 Å². The van der Waals surface area contributed by atoms with Gasteiger partial charge < -0.3 is 9.47 Å². The molecule has 1 rings (SSSR count). The van der Waals surface area contributed by atoms with Gasteiger partial charge in [0.05, 0.1) is 18.8 Å². The zero-order chi connectivity index (χ0) is 13.2. The van der Waals surface area contributed by atoms with Crippen LogP contribution in [0.25, 0.3) is 0 Å². The third-order valence-corrected chi connectivity index (χ3v) is 3.32. The van der Waals surface area contributed by atoms with E-state index in [1.807, 2.05) is 12.2 Å². The molecule has 0 aromatic rings. The predicted octanol–water partition coefficient (Wildman–Crippen LogP) is 4.05. The van der Waals surface area contributed by atoms with E-state index in [1.165, 1.54) is 0 Å². The Kier molecular flexibility index (Phi) is 8.27. The molecule has 0 saturated heterocycles. The standard InChI is InChI=1S/C15H27FO2/c1-3-5-7-11-18-15-9-8-13(12-14(15)16)17-10-6-4-2/h5,7,13-15H,3-4,6,8-12H2,1-2H3. The van der Waals surface area contributed by atoms with Crippen LogP contribution in [-0.2, 0) is 9.47 Å². The molecule has 0 aromatic heterocycles. The summed E-state index contributed by atoms with van der Waals surface area (Å²) in [6.45, 7) is 5.50. The summed E-state index contributed by atoms with van der Waals surface area (Å²) in [4.78, 5) is 0. The first-order valence-corrected chi connectivity index (χ1v) is 7.30. The Hall–Kier alpha value is -0.410. The van der Waals surface area contributed by atoms with Crippen molar-refractivity contribution in [2.24, 2.45) is 0 Å². The summed E-state index contributed by atoms with van der Waals surface area (Å²) in [5, 5.41) is 0. The SMILES string of the molecule is CCC=CCOC1CCC(OCCCC)CC1F. The van der Waals surface area contributed by atoms with Crippen LogP contribution in [-0.4, -0.2) is 31.6 Å². The number of alkyl halides is 1. The first kappa shape index (κ1) is 15.6. The van der Waals surface area contributed by atoms with Gasteiger partial charge in [0.15, 0.2) is 0 Å². The number of hydrogen-bond donors (Lipinski definition) is 0. The second-order valence-electron chi connectivity index (χ2n) is 4.93. The molecule has 1 fully saturated rings. The van der Waals surface area contributed by atoms with Crippen molar-refractivity contribution in [2.75, 3.05) is 13.2 Å². The number of halogens is 1. The maximum Gasteiger partial charge on any atom is 0.129 e. The summed E-state index contributed by atoms with van der Waals surface area (Å²) in [7, 11) is 0. The molecule has 0 spiro atoms. The number of hydrogen-bond acceptors (Lipinski definition) is 2. The summed E-state index contributed by atoms with van der Waals surface area (Å²) in [5.74, 6) is 0. The molecule has 0 amide bonds. The Balaban J connectivity index is 2.17. The zero-order valence-electron chi connectivity index (χ0n) is 11.7. The minimum atomic E-state index is -0.875. The lowest BCUT2D eigenvalue weighted by Crippen LogP contribution is -2.36. The molecule has 1 aliphatic carbocycles. The maximum atomic E-state index is 13.9. The molecular formula is C15H27FO2. The van der Waals surface area contributed by atoms with Gasteiger partial charge in [-0.25, -0.2) is 4.39 Å². The Labute approximate surface area is 111 Å². The van der Waals surface area contributed by atoms with E-state index in [-0.39, 0.29) is 12.2 Å². The molecule has 0 aliphatic heterocycles. The second kappa shape index (κ2) is 9.51. The molecule has 3 heteroatoms. The summed E-state index contributed by atoms with van der Waals surface area (Å²) in [6.07, 6.45) is 8.38. The molecule has 106 valence electrons. The van der Waals surface area contributed by atoms with Crippen molar-refractivity contribution < 1.29 is 13.9 Å². The topological polar surface area (TPSA) is 18.5 Å². The highest BCUT2D eigenvalue weighted by Gasteiger charge is 2.31. The molecule has 1 aliphatic rings. The van der Waals surface area contributed by atoms with Crippen molar-refractivity contribution in [2.45, 2.75) is 70.8 Å². The van der Waals surface area contributed by atoms with Crippen LogP contribution in [0.4, 0.5) is 4.39 Å². The van der Waals surface area contributed by atoms with Crippen LogP contribution in [0.15, 0.2) is 12.2 Å². The monoisotopic (exact) mass is 258 g/mol. The summed E-state index contributed by atoms with van der Waals surface area (Å²) in [5.41, 5.74) is 0. The molecule has 3 atom stereocenters. The second-order valence-corrected chi connectivity index (χ2v) is 4.93. The molecule has 0 aromatic carbocycles. The van der Waals surface area contributed by atoms with Crippen LogP contribution in [0, 0.1) is 0 Å².